The summed E-state index contributed by atoms with van der Waals surface area (Å²) in [6.45, 7) is 8.38. The fourth-order valence-corrected chi connectivity index (χ4v) is 4.27. The smallest absolute Gasteiger partial charge is 0.346 e. The van der Waals surface area contributed by atoms with Crippen LogP contribution in [0.15, 0.2) is 57.2 Å². The van der Waals surface area contributed by atoms with E-state index in [4.69, 9.17) is 14.8 Å². The fourth-order valence-electron chi connectivity index (χ4n) is 4.27. The predicted molar refractivity (Wildman–Crippen MR) is 150 cm³/mol. The molecule has 0 amide bonds. The highest BCUT2D eigenvalue weighted by atomic mass is 16.4. The standard InChI is InChI=1S/C31H34N2O4/c1-4-7-17-33(18-8-5-2)25-14-16-27-26(6-3)28(31(36)37-29(27)20-25)15-13-22-9-11-23(12-10-22)19-24(21-32)30(34)35/h9-16,19-20H,4-8,17-18H2,1-3H3,(H,34,35)/b15-13+,24-19?. The van der Waals surface area contributed by atoms with Crippen LogP contribution in [0, 0.1) is 11.3 Å². The summed E-state index contributed by atoms with van der Waals surface area (Å²) in [5.41, 5.74) is 3.92. The summed E-state index contributed by atoms with van der Waals surface area (Å²) in [5.74, 6) is -1.26. The number of unbranched alkanes of at least 4 members (excludes halogenated alkanes) is 2. The number of hydrogen-bond acceptors (Lipinski definition) is 5. The molecule has 0 radical (unpaired) electrons. The van der Waals surface area contributed by atoms with E-state index < -0.39 is 5.97 Å². The molecule has 0 bridgehead atoms. The molecule has 3 aromatic rings. The van der Waals surface area contributed by atoms with Crippen LogP contribution in [0.5, 0.6) is 0 Å². The lowest BCUT2D eigenvalue weighted by Crippen LogP contribution is -2.25. The average Bonchev–Trinajstić information content (AvgIpc) is 2.90. The van der Waals surface area contributed by atoms with Crippen molar-refractivity contribution in [1.82, 2.24) is 0 Å². The van der Waals surface area contributed by atoms with E-state index in [0.717, 1.165) is 61.0 Å². The summed E-state index contributed by atoms with van der Waals surface area (Å²) >= 11 is 0. The molecule has 0 unspecified atom stereocenters. The number of hydrogen-bond donors (Lipinski definition) is 1. The summed E-state index contributed by atoms with van der Waals surface area (Å²) in [7, 11) is 0. The number of carboxylic acids is 1. The van der Waals surface area contributed by atoms with Crippen LogP contribution >= 0.6 is 0 Å². The van der Waals surface area contributed by atoms with Crippen LogP contribution in [0.4, 0.5) is 5.69 Å². The molecule has 0 atom stereocenters. The van der Waals surface area contributed by atoms with E-state index in [1.54, 1.807) is 36.4 Å². The first kappa shape index (κ1) is 27.5. The maximum absolute atomic E-state index is 13.0. The van der Waals surface area contributed by atoms with E-state index in [1.807, 2.05) is 19.1 Å². The van der Waals surface area contributed by atoms with Crippen molar-refractivity contribution in [3.8, 4) is 6.07 Å². The minimum Gasteiger partial charge on any atom is -0.477 e. The average molecular weight is 499 g/mol. The summed E-state index contributed by atoms with van der Waals surface area (Å²) in [6, 6.07) is 14.9. The molecule has 3 rings (SSSR count). The molecular formula is C31H34N2O4. The number of nitriles is 1. The van der Waals surface area contributed by atoms with Gasteiger partial charge in [-0.05, 0) is 60.2 Å². The number of nitrogens with zero attached hydrogens (tertiary/aromatic N) is 2. The molecule has 0 aliphatic heterocycles. The molecule has 0 saturated heterocycles. The molecule has 1 heterocycles. The zero-order valence-corrected chi connectivity index (χ0v) is 21.8. The van der Waals surface area contributed by atoms with Gasteiger partial charge in [-0.15, -0.1) is 0 Å². The van der Waals surface area contributed by atoms with Crippen LogP contribution in [-0.4, -0.2) is 24.2 Å². The first-order chi connectivity index (χ1) is 17.9. The third kappa shape index (κ3) is 6.98. The van der Waals surface area contributed by atoms with Crippen LogP contribution < -0.4 is 10.5 Å². The van der Waals surface area contributed by atoms with Gasteiger partial charge in [0.1, 0.15) is 17.2 Å². The van der Waals surface area contributed by atoms with E-state index in [0.29, 0.717) is 23.1 Å². The highest BCUT2D eigenvalue weighted by Crippen LogP contribution is 2.27. The van der Waals surface area contributed by atoms with Gasteiger partial charge in [0.15, 0.2) is 0 Å². The lowest BCUT2D eigenvalue weighted by atomic mass is 10.0. The third-order valence-corrected chi connectivity index (χ3v) is 6.36. The van der Waals surface area contributed by atoms with Gasteiger partial charge >= 0.3 is 11.6 Å². The second-order valence-corrected chi connectivity index (χ2v) is 8.98. The summed E-state index contributed by atoms with van der Waals surface area (Å²) in [4.78, 5) is 26.4. The molecule has 37 heavy (non-hydrogen) atoms. The predicted octanol–water partition coefficient (Wildman–Crippen LogP) is 6.92. The maximum Gasteiger partial charge on any atom is 0.346 e. The maximum atomic E-state index is 13.0. The Balaban J connectivity index is 1.93. The van der Waals surface area contributed by atoms with Gasteiger partial charge in [-0.25, -0.2) is 9.59 Å². The van der Waals surface area contributed by atoms with Crippen LogP contribution in [-0.2, 0) is 11.2 Å². The topological polar surface area (TPSA) is 94.5 Å². The van der Waals surface area contributed by atoms with Crippen LogP contribution in [0.1, 0.15) is 68.7 Å². The number of anilines is 1. The van der Waals surface area contributed by atoms with Gasteiger partial charge in [-0.1, -0.05) is 64.0 Å². The first-order valence-electron chi connectivity index (χ1n) is 12.9. The van der Waals surface area contributed by atoms with Gasteiger partial charge in [-0.3, -0.25) is 0 Å². The molecule has 6 heteroatoms. The molecule has 2 aromatic carbocycles. The Hall–Kier alpha value is -4.11. The summed E-state index contributed by atoms with van der Waals surface area (Å²) < 4.78 is 5.79. The second-order valence-electron chi connectivity index (χ2n) is 8.98. The highest BCUT2D eigenvalue weighted by molar-refractivity contribution is 5.96. The van der Waals surface area contributed by atoms with Crippen molar-refractivity contribution in [3.05, 3.63) is 80.7 Å². The molecule has 0 spiro atoms. The lowest BCUT2D eigenvalue weighted by molar-refractivity contribution is -0.132. The third-order valence-electron chi connectivity index (χ3n) is 6.36. The molecule has 0 aliphatic carbocycles. The van der Waals surface area contributed by atoms with E-state index in [2.05, 4.69) is 30.9 Å². The van der Waals surface area contributed by atoms with Gasteiger partial charge in [0, 0.05) is 30.2 Å². The molecule has 0 aliphatic rings. The largest absolute Gasteiger partial charge is 0.477 e. The number of aryl methyl sites for hydroxylation is 1. The highest BCUT2D eigenvalue weighted by Gasteiger charge is 2.14. The Morgan fingerprint density at radius 3 is 2.22 bits per heavy atom. The molecular weight excluding hydrogens is 464 g/mol. The van der Waals surface area contributed by atoms with Crippen LogP contribution in [0.3, 0.4) is 0 Å². The molecule has 192 valence electrons. The van der Waals surface area contributed by atoms with Gasteiger partial charge in [0.05, 0.1) is 5.56 Å². The number of rotatable bonds is 12. The molecule has 1 aromatic heterocycles. The van der Waals surface area contributed by atoms with E-state index in [9.17, 15) is 9.59 Å². The monoisotopic (exact) mass is 498 g/mol. The van der Waals surface area contributed by atoms with E-state index in [-0.39, 0.29) is 11.2 Å². The van der Waals surface area contributed by atoms with Crippen molar-refractivity contribution >= 4 is 40.9 Å². The van der Waals surface area contributed by atoms with Gasteiger partial charge in [-0.2, -0.15) is 5.26 Å². The zero-order chi connectivity index (χ0) is 26.8. The minimum atomic E-state index is -1.26. The Morgan fingerprint density at radius 1 is 1.00 bits per heavy atom. The Bertz CT molecular complexity index is 1380. The van der Waals surface area contributed by atoms with Crippen LogP contribution in [0.2, 0.25) is 0 Å². The number of carbonyl (C=O) groups is 1. The SMILES string of the molecule is CCCCN(CCCC)c1ccc2c(CC)c(/C=C/c3ccc(C=C(C#N)C(=O)O)cc3)c(=O)oc2c1. The van der Waals surface area contributed by atoms with Crippen molar-refractivity contribution in [1.29, 1.82) is 5.26 Å². The normalized spacial score (nSPS) is 11.7. The fraction of sp³-hybridized carbons (Fsp3) is 0.323. The van der Waals surface area contributed by atoms with Crippen molar-refractivity contribution in [2.75, 3.05) is 18.0 Å². The second kappa shape index (κ2) is 13.3. The van der Waals surface area contributed by atoms with E-state index in [1.165, 1.54) is 6.08 Å². The zero-order valence-electron chi connectivity index (χ0n) is 21.8. The van der Waals surface area contributed by atoms with Gasteiger partial charge < -0.3 is 14.4 Å². The summed E-state index contributed by atoms with van der Waals surface area (Å²) in [5, 5.41) is 18.9. The number of carboxylic acid groups (broad SMARTS) is 1. The van der Waals surface area contributed by atoms with Crippen molar-refractivity contribution in [2.24, 2.45) is 0 Å². The van der Waals surface area contributed by atoms with Gasteiger partial charge in [0.25, 0.3) is 0 Å². The van der Waals surface area contributed by atoms with Gasteiger partial charge in [0.2, 0.25) is 0 Å². The van der Waals surface area contributed by atoms with E-state index >= 15 is 0 Å². The quantitative estimate of drug-likeness (QED) is 0.165. The molecule has 0 saturated carbocycles. The lowest BCUT2D eigenvalue weighted by Gasteiger charge is -2.25. The Morgan fingerprint density at radius 2 is 1.65 bits per heavy atom. The number of benzene rings is 2. The summed E-state index contributed by atoms with van der Waals surface area (Å²) in [6.07, 6.45) is 10.1. The number of fused-ring (bicyclic) bond motifs is 1. The Labute approximate surface area is 218 Å². The Kier molecular flexibility index (Phi) is 9.85. The number of aliphatic carboxylic acids is 1. The minimum absolute atomic E-state index is 0.327. The molecule has 0 fully saturated rings. The van der Waals surface area contributed by atoms with Crippen molar-refractivity contribution in [3.63, 3.8) is 0 Å². The molecule has 6 nitrogen and oxygen atoms in total. The van der Waals surface area contributed by atoms with Crippen molar-refractivity contribution < 1.29 is 14.3 Å². The molecule has 1 N–H and O–H groups in total. The van der Waals surface area contributed by atoms with Crippen molar-refractivity contribution in [2.45, 2.75) is 52.9 Å². The van der Waals surface area contributed by atoms with Crippen LogP contribution in [0.25, 0.3) is 29.2 Å². The first-order valence-corrected chi connectivity index (χ1v) is 12.9.